The van der Waals surface area contributed by atoms with Crippen molar-refractivity contribution < 1.29 is 9.53 Å². The molecule has 0 aliphatic carbocycles. The summed E-state index contributed by atoms with van der Waals surface area (Å²) in [6.45, 7) is 1.38. The molecule has 1 fully saturated rings. The minimum atomic E-state index is -0.273. The molecule has 0 radical (unpaired) electrons. The average Bonchev–Trinajstić information content (AvgIpc) is 2.15. The standard InChI is InChI=1S/C5H9NO2S/c7-5(9)6-4-1-2-8-3-4/h4H,1-3H2,(H2,6,7,9)/t4-/m1/s1. The van der Waals surface area contributed by atoms with E-state index in [1.165, 1.54) is 0 Å². The summed E-state index contributed by atoms with van der Waals surface area (Å²) in [5.41, 5.74) is 0. The van der Waals surface area contributed by atoms with Gasteiger partial charge in [0.2, 0.25) is 0 Å². The number of hydrogen-bond acceptors (Lipinski definition) is 2. The van der Waals surface area contributed by atoms with E-state index in [0.29, 0.717) is 6.61 Å². The second kappa shape index (κ2) is 3.08. The Morgan fingerprint density at radius 3 is 3.00 bits per heavy atom. The van der Waals surface area contributed by atoms with Gasteiger partial charge < -0.3 is 10.1 Å². The number of amides is 1. The summed E-state index contributed by atoms with van der Waals surface area (Å²) in [4.78, 5) is 10.3. The zero-order valence-electron chi connectivity index (χ0n) is 4.96. The lowest BCUT2D eigenvalue weighted by Gasteiger charge is -2.05. The van der Waals surface area contributed by atoms with E-state index in [9.17, 15) is 4.79 Å². The van der Waals surface area contributed by atoms with Crippen molar-refractivity contribution in [2.75, 3.05) is 13.2 Å². The van der Waals surface area contributed by atoms with Gasteiger partial charge in [-0.05, 0) is 6.42 Å². The second-order valence-electron chi connectivity index (χ2n) is 2.01. The molecule has 1 heterocycles. The van der Waals surface area contributed by atoms with E-state index >= 15 is 0 Å². The molecule has 3 nitrogen and oxygen atoms in total. The van der Waals surface area contributed by atoms with Gasteiger partial charge in [0.15, 0.2) is 0 Å². The van der Waals surface area contributed by atoms with E-state index < -0.39 is 0 Å². The van der Waals surface area contributed by atoms with Crippen molar-refractivity contribution in [3.05, 3.63) is 0 Å². The SMILES string of the molecule is O=C(S)N[C@@H]1CCOC1. The van der Waals surface area contributed by atoms with Crippen molar-refractivity contribution >= 4 is 17.9 Å². The van der Waals surface area contributed by atoms with Gasteiger partial charge in [-0.2, -0.15) is 0 Å². The molecule has 0 aromatic rings. The third kappa shape index (κ3) is 2.24. The monoisotopic (exact) mass is 147 g/mol. The summed E-state index contributed by atoms with van der Waals surface area (Å²) >= 11 is 3.57. The highest BCUT2D eigenvalue weighted by Crippen LogP contribution is 2.03. The Bertz CT molecular complexity index is 112. The largest absolute Gasteiger partial charge is 0.379 e. The molecule has 0 aromatic heterocycles. The molecular weight excluding hydrogens is 138 g/mol. The molecule has 4 heteroatoms. The third-order valence-electron chi connectivity index (χ3n) is 1.26. The summed E-state index contributed by atoms with van der Waals surface area (Å²) < 4.78 is 5.01. The van der Waals surface area contributed by atoms with Crippen LogP contribution in [0.1, 0.15) is 6.42 Å². The molecule has 0 aromatic carbocycles. The van der Waals surface area contributed by atoms with Crippen LogP contribution in [0.5, 0.6) is 0 Å². The zero-order valence-corrected chi connectivity index (χ0v) is 5.86. The molecule has 1 aliphatic heterocycles. The predicted octanol–water partition coefficient (Wildman–Crippen LogP) is 0.415. The van der Waals surface area contributed by atoms with Gasteiger partial charge in [-0.3, -0.25) is 4.79 Å². The third-order valence-corrected chi connectivity index (χ3v) is 1.39. The van der Waals surface area contributed by atoms with Crippen LogP contribution in [-0.4, -0.2) is 24.5 Å². The minimum Gasteiger partial charge on any atom is -0.379 e. The fraction of sp³-hybridized carbons (Fsp3) is 0.800. The highest BCUT2D eigenvalue weighted by Gasteiger charge is 2.15. The van der Waals surface area contributed by atoms with E-state index in [0.717, 1.165) is 13.0 Å². The Kier molecular flexibility index (Phi) is 2.36. The quantitative estimate of drug-likeness (QED) is 0.527. The van der Waals surface area contributed by atoms with Crippen LogP contribution in [0.2, 0.25) is 0 Å². The summed E-state index contributed by atoms with van der Waals surface area (Å²) in [7, 11) is 0. The van der Waals surface area contributed by atoms with Crippen molar-refractivity contribution in [1.29, 1.82) is 0 Å². The Labute approximate surface area is 59.2 Å². The lowest BCUT2D eigenvalue weighted by molar-refractivity contribution is 0.190. The molecule has 1 amide bonds. The number of rotatable bonds is 1. The van der Waals surface area contributed by atoms with Crippen molar-refractivity contribution in [1.82, 2.24) is 5.32 Å². The molecular formula is C5H9NO2S. The Morgan fingerprint density at radius 2 is 2.56 bits per heavy atom. The van der Waals surface area contributed by atoms with Gasteiger partial charge in [0, 0.05) is 6.61 Å². The number of carbonyl (C=O) groups is 1. The summed E-state index contributed by atoms with van der Waals surface area (Å²) in [5, 5.41) is 2.37. The predicted molar refractivity (Wildman–Crippen MR) is 36.7 cm³/mol. The normalized spacial score (nSPS) is 26.1. The lowest BCUT2D eigenvalue weighted by Crippen LogP contribution is -2.30. The number of ether oxygens (including phenoxy) is 1. The molecule has 1 saturated heterocycles. The molecule has 1 atom stereocenters. The Morgan fingerprint density at radius 1 is 1.78 bits per heavy atom. The van der Waals surface area contributed by atoms with Crippen LogP contribution in [0, 0.1) is 0 Å². The van der Waals surface area contributed by atoms with Gasteiger partial charge in [-0.25, -0.2) is 0 Å². The molecule has 0 saturated carbocycles. The topological polar surface area (TPSA) is 38.3 Å². The maximum Gasteiger partial charge on any atom is 0.276 e. The van der Waals surface area contributed by atoms with Crippen LogP contribution in [0.3, 0.4) is 0 Å². The zero-order chi connectivity index (χ0) is 6.69. The van der Waals surface area contributed by atoms with Crippen LogP contribution in [-0.2, 0) is 4.74 Å². The van der Waals surface area contributed by atoms with Crippen LogP contribution in [0.15, 0.2) is 0 Å². The van der Waals surface area contributed by atoms with Gasteiger partial charge >= 0.3 is 0 Å². The number of thiol groups is 1. The highest BCUT2D eigenvalue weighted by molar-refractivity contribution is 7.96. The van der Waals surface area contributed by atoms with E-state index in [1.807, 2.05) is 0 Å². The van der Waals surface area contributed by atoms with Gasteiger partial charge in [-0.1, -0.05) is 12.6 Å². The summed E-state index contributed by atoms with van der Waals surface area (Å²) in [6, 6.07) is 0.190. The van der Waals surface area contributed by atoms with Crippen molar-refractivity contribution in [3.63, 3.8) is 0 Å². The molecule has 1 N–H and O–H groups in total. The van der Waals surface area contributed by atoms with Gasteiger partial charge in [0.25, 0.3) is 5.24 Å². The molecule has 0 bridgehead atoms. The minimum absolute atomic E-state index is 0.190. The first-order chi connectivity index (χ1) is 4.29. The molecule has 52 valence electrons. The number of nitrogens with one attached hydrogen (secondary N) is 1. The summed E-state index contributed by atoms with van der Waals surface area (Å²) in [5.74, 6) is 0. The Hall–Kier alpha value is -0.220. The molecule has 9 heavy (non-hydrogen) atoms. The van der Waals surface area contributed by atoms with Crippen LogP contribution < -0.4 is 5.32 Å². The average molecular weight is 147 g/mol. The molecule has 1 aliphatic rings. The highest BCUT2D eigenvalue weighted by atomic mass is 32.1. The van der Waals surface area contributed by atoms with Gasteiger partial charge in [0.1, 0.15) is 0 Å². The maximum atomic E-state index is 10.3. The first-order valence-corrected chi connectivity index (χ1v) is 3.31. The second-order valence-corrected chi connectivity index (χ2v) is 2.42. The maximum absolute atomic E-state index is 10.3. The van der Waals surface area contributed by atoms with E-state index in [2.05, 4.69) is 17.9 Å². The smallest absolute Gasteiger partial charge is 0.276 e. The number of carbonyl (C=O) groups excluding carboxylic acids is 1. The number of hydrogen-bond donors (Lipinski definition) is 2. The Balaban J connectivity index is 2.19. The fourth-order valence-electron chi connectivity index (χ4n) is 0.823. The first kappa shape index (κ1) is 6.89. The van der Waals surface area contributed by atoms with Crippen molar-refractivity contribution in [3.8, 4) is 0 Å². The van der Waals surface area contributed by atoms with Crippen LogP contribution in [0.25, 0.3) is 0 Å². The van der Waals surface area contributed by atoms with Crippen molar-refractivity contribution in [2.24, 2.45) is 0 Å². The van der Waals surface area contributed by atoms with Crippen LogP contribution >= 0.6 is 12.6 Å². The van der Waals surface area contributed by atoms with E-state index in [4.69, 9.17) is 4.74 Å². The van der Waals surface area contributed by atoms with Gasteiger partial charge in [-0.15, -0.1) is 0 Å². The van der Waals surface area contributed by atoms with Crippen molar-refractivity contribution in [2.45, 2.75) is 12.5 Å². The molecule has 0 unspecified atom stereocenters. The summed E-state index contributed by atoms with van der Waals surface area (Å²) in [6.07, 6.45) is 0.909. The lowest BCUT2D eigenvalue weighted by atomic mass is 10.3. The van der Waals surface area contributed by atoms with E-state index in [-0.39, 0.29) is 11.3 Å². The van der Waals surface area contributed by atoms with Crippen LogP contribution in [0.4, 0.5) is 4.79 Å². The fourth-order valence-corrected chi connectivity index (χ4v) is 1.01. The molecule has 0 spiro atoms. The van der Waals surface area contributed by atoms with Gasteiger partial charge in [0.05, 0.1) is 12.6 Å². The molecule has 1 rings (SSSR count). The van der Waals surface area contributed by atoms with E-state index in [1.54, 1.807) is 0 Å². The first-order valence-electron chi connectivity index (χ1n) is 2.86.